The lowest BCUT2D eigenvalue weighted by atomic mass is 9.84. The highest BCUT2D eigenvalue weighted by molar-refractivity contribution is 5.03. The largest absolute Gasteiger partial charge is 0.389 e. The standard InChI is InChI=1S/C9H15NO/c1-3-7(6-10)9(2,11)8-4-5-8/h7-8,11H,3-5H2,1-2H3. The summed E-state index contributed by atoms with van der Waals surface area (Å²) in [5, 5.41) is 18.6. The second-order valence-electron chi connectivity index (χ2n) is 3.59. The topological polar surface area (TPSA) is 44.0 Å². The van der Waals surface area contributed by atoms with Crippen molar-refractivity contribution in [3.8, 4) is 6.07 Å². The van der Waals surface area contributed by atoms with Crippen molar-refractivity contribution in [2.24, 2.45) is 11.8 Å². The van der Waals surface area contributed by atoms with Gasteiger partial charge in [0.1, 0.15) is 0 Å². The van der Waals surface area contributed by atoms with Gasteiger partial charge in [-0.05, 0) is 32.1 Å². The first-order valence-electron chi connectivity index (χ1n) is 4.25. The maximum atomic E-state index is 9.89. The molecule has 0 heterocycles. The van der Waals surface area contributed by atoms with E-state index in [0.29, 0.717) is 5.92 Å². The van der Waals surface area contributed by atoms with Crippen molar-refractivity contribution in [2.75, 3.05) is 0 Å². The minimum Gasteiger partial charge on any atom is -0.389 e. The van der Waals surface area contributed by atoms with Crippen molar-refractivity contribution in [2.45, 2.75) is 38.7 Å². The molecule has 2 heteroatoms. The Labute approximate surface area is 67.8 Å². The highest BCUT2D eigenvalue weighted by Crippen LogP contribution is 2.44. The molecule has 2 nitrogen and oxygen atoms in total. The van der Waals surface area contributed by atoms with E-state index in [1.807, 2.05) is 6.92 Å². The minimum atomic E-state index is -0.733. The maximum Gasteiger partial charge on any atom is 0.0805 e. The number of nitrogens with zero attached hydrogens (tertiary/aromatic N) is 1. The van der Waals surface area contributed by atoms with Gasteiger partial charge in [-0.1, -0.05) is 6.92 Å². The molecule has 0 aliphatic heterocycles. The minimum absolute atomic E-state index is 0.185. The van der Waals surface area contributed by atoms with Gasteiger partial charge < -0.3 is 5.11 Å². The molecule has 0 spiro atoms. The van der Waals surface area contributed by atoms with E-state index in [1.165, 1.54) is 0 Å². The van der Waals surface area contributed by atoms with Gasteiger partial charge in [0.25, 0.3) is 0 Å². The van der Waals surface area contributed by atoms with Crippen molar-refractivity contribution in [1.29, 1.82) is 5.26 Å². The summed E-state index contributed by atoms with van der Waals surface area (Å²) in [5.41, 5.74) is -0.733. The highest BCUT2D eigenvalue weighted by atomic mass is 16.3. The highest BCUT2D eigenvalue weighted by Gasteiger charge is 2.44. The summed E-state index contributed by atoms with van der Waals surface area (Å²) >= 11 is 0. The molecule has 1 fully saturated rings. The molecule has 0 saturated heterocycles. The van der Waals surface area contributed by atoms with Crippen LogP contribution in [0.4, 0.5) is 0 Å². The fourth-order valence-electron chi connectivity index (χ4n) is 1.59. The van der Waals surface area contributed by atoms with Crippen LogP contribution in [0.2, 0.25) is 0 Å². The Kier molecular flexibility index (Phi) is 2.20. The molecule has 0 radical (unpaired) electrons. The smallest absolute Gasteiger partial charge is 0.0805 e. The van der Waals surface area contributed by atoms with Crippen molar-refractivity contribution >= 4 is 0 Å². The summed E-state index contributed by atoms with van der Waals surface area (Å²) in [4.78, 5) is 0. The Hall–Kier alpha value is -0.550. The molecule has 1 N–H and O–H groups in total. The maximum absolute atomic E-state index is 9.89. The molecular formula is C9H15NO. The summed E-state index contributed by atoms with van der Waals surface area (Å²) in [5.74, 6) is 0.196. The SMILES string of the molecule is CCC(C#N)C(C)(O)C1CC1. The average molecular weight is 153 g/mol. The van der Waals surface area contributed by atoms with E-state index >= 15 is 0 Å². The van der Waals surface area contributed by atoms with Crippen molar-refractivity contribution in [1.82, 2.24) is 0 Å². The zero-order valence-corrected chi connectivity index (χ0v) is 7.17. The molecule has 62 valence electrons. The first-order valence-corrected chi connectivity index (χ1v) is 4.25. The predicted octanol–water partition coefficient (Wildman–Crippen LogP) is 1.70. The Balaban J connectivity index is 2.61. The van der Waals surface area contributed by atoms with Crippen molar-refractivity contribution in [3.63, 3.8) is 0 Å². The average Bonchev–Trinajstić information content (AvgIpc) is 2.69. The van der Waals surface area contributed by atoms with Crippen LogP contribution in [-0.4, -0.2) is 10.7 Å². The van der Waals surface area contributed by atoms with Gasteiger partial charge in [-0.15, -0.1) is 0 Å². The summed E-state index contributed by atoms with van der Waals surface area (Å²) in [6.07, 6.45) is 2.93. The van der Waals surface area contributed by atoms with Gasteiger partial charge in [0.05, 0.1) is 17.6 Å². The van der Waals surface area contributed by atoms with Gasteiger partial charge in [-0.25, -0.2) is 0 Å². The molecule has 0 bridgehead atoms. The molecule has 1 rings (SSSR count). The second-order valence-corrected chi connectivity index (χ2v) is 3.59. The lowest BCUT2D eigenvalue weighted by Crippen LogP contribution is -2.35. The molecule has 0 aromatic heterocycles. The Morgan fingerprint density at radius 3 is 2.55 bits per heavy atom. The monoisotopic (exact) mass is 153 g/mol. The molecule has 1 saturated carbocycles. The van der Waals surface area contributed by atoms with E-state index in [1.54, 1.807) is 6.92 Å². The van der Waals surface area contributed by atoms with E-state index in [-0.39, 0.29) is 5.92 Å². The van der Waals surface area contributed by atoms with Gasteiger partial charge in [0.15, 0.2) is 0 Å². The molecule has 1 aliphatic carbocycles. The van der Waals surface area contributed by atoms with Crippen LogP contribution in [0.15, 0.2) is 0 Å². The fraction of sp³-hybridized carbons (Fsp3) is 0.889. The van der Waals surface area contributed by atoms with Crippen LogP contribution in [0, 0.1) is 23.2 Å². The van der Waals surface area contributed by atoms with Crippen molar-refractivity contribution in [3.05, 3.63) is 0 Å². The van der Waals surface area contributed by atoms with E-state index < -0.39 is 5.60 Å². The third-order valence-corrected chi connectivity index (χ3v) is 2.67. The van der Waals surface area contributed by atoms with Gasteiger partial charge in [0.2, 0.25) is 0 Å². The Bertz CT molecular complexity index is 176. The van der Waals surface area contributed by atoms with Gasteiger partial charge in [-0.3, -0.25) is 0 Å². The zero-order valence-electron chi connectivity index (χ0n) is 7.17. The quantitative estimate of drug-likeness (QED) is 0.670. The van der Waals surface area contributed by atoms with Crippen LogP contribution in [0.1, 0.15) is 33.1 Å². The van der Waals surface area contributed by atoms with Crippen LogP contribution >= 0.6 is 0 Å². The first-order chi connectivity index (χ1) is 5.12. The van der Waals surface area contributed by atoms with Gasteiger partial charge >= 0.3 is 0 Å². The molecule has 0 amide bonds. The summed E-state index contributed by atoms with van der Waals surface area (Å²) in [6.45, 7) is 3.74. The van der Waals surface area contributed by atoms with E-state index in [0.717, 1.165) is 19.3 Å². The van der Waals surface area contributed by atoms with E-state index in [4.69, 9.17) is 5.26 Å². The van der Waals surface area contributed by atoms with Crippen molar-refractivity contribution < 1.29 is 5.11 Å². The third kappa shape index (κ3) is 1.54. The third-order valence-electron chi connectivity index (χ3n) is 2.67. The molecule has 2 atom stereocenters. The number of hydrogen-bond acceptors (Lipinski definition) is 2. The lowest BCUT2D eigenvalue weighted by Gasteiger charge is -2.27. The lowest BCUT2D eigenvalue weighted by molar-refractivity contribution is -0.00232. The van der Waals surface area contributed by atoms with Gasteiger partial charge in [0, 0.05) is 0 Å². The molecule has 11 heavy (non-hydrogen) atoms. The number of rotatable bonds is 3. The number of nitriles is 1. The van der Waals surface area contributed by atoms with Crippen LogP contribution < -0.4 is 0 Å². The summed E-state index contributed by atoms with van der Waals surface area (Å²) in [7, 11) is 0. The van der Waals surface area contributed by atoms with Crippen LogP contribution in [0.25, 0.3) is 0 Å². The van der Waals surface area contributed by atoms with Crippen LogP contribution in [-0.2, 0) is 0 Å². The molecule has 0 aromatic rings. The Morgan fingerprint density at radius 1 is 1.73 bits per heavy atom. The fourth-order valence-corrected chi connectivity index (χ4v) is 1.59. The second kappa shape index (κ2) is 2.83. The van der Waals surface area contributed by atoms with E-state index in [9.17, 15) is 5.11 Å². The normalized spacial score (nSPS) is 25.3. The first kappa shape index (κ1) is 8.55. The zero-order chi connectivity index (χ0) is 8.48. The van der Waals surface area contributed by atoms with E-state index in [2.05, 4.69) is 6.07 Å². The Morgan fingerprint density at radius 2 is 2.27 bits per heavy atom. The number of aliphatic hydroxyl groups is 1. The molecule has 2 unspecified atom stereocenters. The molecule has 0 aromatic carbocycles. The van der Waals surface area contributed by atoms with Gasteiger partial charge in [-0.2, -0.15) is 5.26 Å². The van der Waals surface area contributed by atoms with Crippen LogP contribution in [0.5, 0.6) is 0 Å². The molecule has 1 aliphatic rings. The summed E-state index contributed by atoms with van der Waals surface area (Å²) in [6, 6.07) is 2.16. The van der Waals surface area contributed by atoms with Crippen LogP contribution in [0.3, 0.4) is 0 Å². The number of hydrogen-bond donors (Lipinski definition) is 1. The predicted molar refractivity (Wildman–Crippen MR) is 42.7 cm³/mol. The molecular weight excluding hydrogens is 138 g/mol. The summed E-state index contributed by atoms with van der Waals surface area (Å²) < 4.78 is 0.